The van der Waals surface area contributed by atoms with Crippen LogP contribution in [0.15, 0.2) is 212 Å². The first kappa shape index (κ1) is 32.0. The summed E-state index contributed by atoms with van der Waals surface area (Å²) in [7, 11) is 0. The molecule has 1 aromatic heterocycles. The van der Waals surface area contributed by atoms with Crippen molar-refractivity contribution < 1.29 is 0 Å². The molecule has 10 aromatic rings. The van der Waals surface area contributed by atoms with Crippen molar-refractivity contribution in [3.63, 3.8) is 0 Å². The van der Waals surface area contributed by atoms with E-state index in [9.17, 15) is 0 Å². The van der Waals surface area contributed by atoms with Gasteiger partial charge in [0.05, 0.1) is 11.4 Å². The zero-order valence-corrected chi connectivity index (χ0v) is 30.4. The van der Waals surface area contributed by atoms with Crippen LogP contribution in [-0.2, 0) is 0 Å². The van der Waals surface area contributed by atoms with Crippen LogP contribution in [0.5, 0.6) is 0 Å². The van der Waals surface area contributed by atoms with E-state index in [1.807, 2.05) is 11.3 Å². The Balaban J connectivity index is 1.30. The van der Waals surface area contributed by atoms with Crippen molar-refractivity contribution in [2.75, 3.05) is 4.90 Å². The van der Waals surface area contributed by atoms with Crippen LogP contribution < -0.4 is 4.90 Å². The number of hydrogen-bond donors (Lipinski definition) is 0. The van der Waals surface area contributed by atoms with Gasteiger partial charge in [0.15, 0.2) is 0 Å². The van der Waals surface area contributed by atoms with Crippen LogP contribution in [0.2, 0.25) is 0 Å². The average Bonchev–Trinajstić information content (AvgIpc) is 3.65. The zero-order valence-electron chi connectivity index (χ0n) is 29.6. The van der Waals surface area contributed by atoms with E-state index in [1.54, 1.807) is 0 Å². The molecular formula is C52H35NS. The predicted octanol–water partition coefficient (Wildman–Crippen LogP) is 15.3. The van der Waals surface area contributed by atoms with Crippen LogP contribution in [0.3, 0.4) is 0 Å². The second kappa shape index (κ2) is 13.7. The van der Waals surface area contributed by atoms with Crippen LogP contribution in [0.1, 0.15) is 0 Å². The summed E-state index contributed by atoms with van der Waals surface area (Å²) in [6, 6.07) is 77.1. The van der Waals surface area contributed by atoms with Crippen molar-refractivity contribution in [1.82, 2.24) is 0 Å². The van der Waals surface area contributed by atoms with E-state index < -0.39 is 0 Å². The lowest BCUT2D eigenvalue weighted by molar-refractivity contribution is 1.30. The highest BCUT2D eigenvalue weighted by Gasteiger charge is 2.27. The maximum absolute atomic E-state index is 2.53. The maximum atomic E-state index is 2.53. The molecule has 0 saturated carbocycles. The van der Waals surface area contributed by atoms with Crippen LogP contribution in [0, 0.1) is 0 Å². The molecule has 254 valence electrons. The predicted molar refractivity (Wildman–Crippen MR) is 233 cm³/mol. The van der Waals surface area contributed by atoms with Gasteiger partial charge in [-0.2, -0.15) is 0 Å². The van der Waals surface area contributed by atoms with Crippen LogP contribution in [0.4, 0.5) is 17.1 Å². The molecule has 10 rings (SSSR count). The molecule has 0 fully saturated rings. The van der Waals surface area contributed by atoms with Gasteiger partial charge in [-0.25, -0.2) is 0 Å². The summed E-state index contributed by atoms with van der Waals surface area (Å²) >= 11 is 1.89. The van der Waals surface area contributed by atoms with Crippen LogP contribution >= 0.6 is 11.3 Å². The monoisotopic (exact) mass is 705 g/mol. The fourth-order valence-corrected chi connectivity index (χ4v) is 9.19. The molecule has 54 heavy (non-hydrogen) atoms. The van der Waals surface area contributed by atoms with E-state index >= 15 is 0 Å². The van der Waals surface area contributed by atoms with Gasteiger partial charge in [-0.15, -0.1) is 11.3 Å². The largest absolute Gasteiger partial charge is 0.309 e. The van der Waals surface area contributed by atoms with E-state index in [2.05, 4.69) is 217 Å². The molecule has 0 atom stereocenters. The third-order valence-corrected chi connectivity index (χ3v) is 11.7. The Morgan fingerprint density at radius 1 is 0.333 bits per heavy atom. The molecule has 0 aliphatic heterocycles. The fourth-order valence-electron chi connectivity index (χ4n) is 7.95. The van der Waals surface area contributed by atoms with Crippen LogP contribution in [-0.4, -0.2) is 0 Å². The molecule has 0 unspecified atom stereocenters. The van der Waals surface area contributed by atoms with Gasteiger partial charge >= 0.3 is 0 Å². The summed E-state index contributed by atoms with van der Waals surface area (Å²) < 4.78 is 2.59. The molecule has 0 N–H and O–H groups in total. The highest BCUT2D eigenvalue weighted by atomic mass is 32.1. The van der Waals surface area contributed by atoms with Gasteiger partial charge in [0.25, 0.3) is 0 Å². The van der Waals surface area contributed by atoms with Crippen molar-refractivity contribution in [1.29, 1.82) is 0 Å². The number of fused-ring (bicyclic) bond motifs is 5. The molecule has 2 heteroatoms. The highest BCUT2D eigenvalue weighted by molar-refractivity contribution is 7.26. The minimum absolute atomic E-state index is 1.10. The van der Waals surface area contributed by atoms with Gasteiger partial charge in [0.1, 0.15) is 0 Å². The van der Waals surface area contributed by atoms with Gasteiger partial charge in [-0.3, -0.25) is 0 Å². The second-order valence-corrected chi connectivity index (χ2v) is 14.7. The third-order valence-electron chi connectivity index (χ3n) is 10.5. The number of anilines is 3. The smallest absolute Gasteiger partial charge is 0.0639 e. The second-order valence-electron chi connectivity index (χ2n) is 13.6. The molecule has 1 heterocycles. The molecular weight excluding hydrogens is 671 g/mol. The Morgan fingerprint density at radius 2 is 0.796 bits per heavy atom. The summed E-state index contributed by atoms with van der Waals surface area (Å²) in [6.07, 6.45) is 0. The lowest BCUT2D eigenvalue weighted by Crippen LogP contribution is -2.13. The summed E-state index contributed by atoms with van der Waals surface area (Å²) in [5.74, 6) is 0. The lowest BCUT2D eigenvalue weighted by Gasteiger charge is -2.32. The molecule has 1 nitrogen and oxygen atoms in total. The molecule has 0 aliphatic rings. The van der Waals surface area contributed by atoms with Gasteiger partial charge in [0.2, 0.25) is 0 Å². The fraction of sp³-hybridized carbons (Fsp3) is 0. The van der Waals surface area contributed by atoms with Gasteiger partial charge < -0.3 is 4.90 Å². The lowest BCUT2D eigenvalue weighted by atomic mass is 9.91. The number of thiophene rings is 1. The summed E-state index contributed by atoms with van der Waals surface area (Å²) in [5, 5.41) is 5.06. The Morgan fingerprint density at radius 3 is 1.44 bits per heavy atom. The summed E-state index contributed by atoms with van der Waals surface area (Å²) in [6.45, 7) is 0. The topological polar surface area (TPSA) is 3.24 Å². The quantitative estimate of drug-likeness (QED) is 0.160. The SMILES string of the molecule is c1ccc(-c2ccc(-c3ccccc3N(c3ccc(-c4ccccc4)cc3)c3c(-c4ccccc4)c4ccccc4c4sc5ccccc5c34)cc2)cc1. The maximum Gasteiger partial charge on any atom is 0.0639 e. The summed E-state index contributed by atoms with van der Waals surface area (Å²) in [4.78, 5) is 2.53. The van der Waals surface area contributed by atoms with Crippen molar-refractivity contribution in [2.24, 2.45) is 0 Å². The first-order valence-corrected chi connectivity index (χ1v) is 19.3. The van der Waals surface area contributed by atoms with Gasteiger partial charge in [-0.1, -0.05) is 188 Å². The molecule has 0 spiro atoms. The molecule has 9 aromatic carbocycles. The Labute approximate surface area is 319 Å². The Kier molecular flexibility index (Phi) is 8.09. The standard InChI is InChI=1S/C52H35NS/c1-4-16-36(17-5-1)38-28-30-40(31-29-38)43-22-12-14-26-47(43)53(42-34-32-39(33-35-42)37-18-6-2-7-19-37)51-49(41-20-8-3-9-21-41)44-23-10-11-24-45(44)52-50(51)46-25-13-15-27-48(46)54-52/h1-35H. The Hall–Kier alpha value is -6.74. The minimum atomic E-state index is 1.10. The van der Waals surface area contributed by atoms with E-state index in [-0.39, 0.29) is 0 Å². The molecule has 0 amide bonds. The van der Waals surface area contributed by atoms with Crippen LogP contribution in [0.25, 0.3) is 75.5 Å². The molecule has 0 radical (unpaired) electrons. The van der Waals surface area contributed by atoms with Crippen molar-refractivity contribution in [3.05, 3.63) is 212 Å². The summed E-state index contributed by atoms with van der Waals surface area (Å²) in [5.41, 5.74) is 13.0. The minimum Gasteiger partial charge on any atom is -0.309 e. The number of hydrogen-bond acceptors (Lipinski definition) is 2. The van der Waals surface area contributed by atoms with Gasteiger partial charge in [0, 0.05) is 42.4 Å². The molecule has 0 bridgehead atoms. The van der Waals surface area contributed by atoms with E-state index in [0.717, 1.165) is 11.4 Å². The average molecular weight is 706 g/mol. The number of benzene rings is 9. The number of nitrogens with zero attached hydrogens (tertiary/aromatic N) is 1. The van der Waals surface area contributed by atoms with Crippen molar-refractivity contribution >= 4 is 59.3 Å². The first-order chi connectivity index (χ1) is 26.8. The third kappa shape index (κ3) is 5.56. The number of para-hydroxylation sites is 1. The molecule has 0 aliphatic carbocycles. The zero-order chi connectivity index (χ0) is 35.8. The van der Waals surface area contributed by atoms with Crippen molar-refractivity contribution in [3.8, 4) is 44.5 Å². The number of rotatable bonds is 7. The first-order valence-electron chi connectivity index (χ1n) is 18.4. The Bertz CT molecular complexity index is 2890. The normalized spacial score (nSPS) is 11.3. The molecule has 0 saturated heterocycles. The highest BCUT2D eigenvalue weighted by Crippen LogP contribution is 2.54. The van der Waals surface area contributed by atoms with Gasteiger partial charge in [-0.05, 0) is 63.0 Å². The van der Waals surface area contributed by atoms with E-state index in [1.165, 1.54) is 81.1 Å². The van der Waals surface area contributed by atoms with E-state index in [4.69, 9.17) is 0 Å². The van der Waals surface area contributed by atoms with E-state index in [0.29, 0.717) is 0 Å². The van der Waals surface area contributed by atoms with Crippen molar-refractivity contribution in [2.45, 2.75) is 0 Å².